The molecule has 0 aromatic carbocycles. The van der Waals surface area contributed by atoms with Crippen LogP contribution in [0.15, 0.2) is 0 Å². The molecule has 0 amide bonds. The minimum atomic E-state index is 0.527. The van der Waals surface area contributed by atoms with E-state index in [1.165, 1.54) is 38.6 Å². The van der Waals surface area contributed by atoms with Gasteiger partial charge in [-0.2, -0.15) is 0 Å². The van der Waals surface area contributed by atoms with Gasteiger partial charge in [0, 0.05) is 0 Å². The van der Waals surface area contributed by atoms with Crippen LogP contribution in [0.2, 0.25) is 0 Å². The van der Waals surface area contributed by atoms with Crippen LogP contribution in [0.25, 0.3) is 0 Å². The van der Waals surface area contributed by atoms with E-state index in [1.807, 2.05) is 0 Å². The second-order valence-electron chi connectivity index (χ2n) is 5.97. The van der Waals surface area contributed by atoms with Gasteiger partial charge in [0.05, 0.1) is 0 Å². The predicted octanol–water partition coefficient (Wildman–Crippen LogP) is 4.23. The van der Waals surface area contributed by atoms with E-state index in [1.54, 1.807) is 0 Å². The Hall–Kier alpha value is -0.0400. The lowest BCUT2D eigenvalue weighted by atomic mass is 9.83. The molecule has 92 valence electrons. The lowest BCUT2D eigenvalue weighted by molar-refractivity contribution is 0.289. The molecule has 0 bridgehead atoms. The summed E-state index contributed by atoms with van der Waals surface area (Å²) < 4.78 is 0. The minimum absolute atomic E-state index is 0.527. The van der Waals surface area contributed by atoms with Crippen LogP contribution >= 0.6 is 0 Å². The minimum Gasteiger partial charge on any atom is -0.316 e. The van der Waals surface area contributed by atoms with Gasteiger partial charge in [0.2, 0.25) is 0 Å². The first-order valence-corrected chi connectivity index (χ1v) is 6.68. The van der Waals surface area contributed by atoms with Crippen molar-refractivity contribution in [2.75, 3.05) is 13.1 Å². The van der Waals surface area contributed by atoms with E-state index in [4.69, 9.17) is 0 Å². The first-order chi connectivity index (χ1) is 6.98. The number of hydrogen-bond acceptors (Lipinski definition) is 1. The highest BCUT2D eigenvalue weighted by Gasteiger charge is 2.16. The zero-order valence-electron chi connectivity index (χ0n) is 11.5. The summed E-state index contributed by atoms with van der Waals surface area (Å²) in [4.78, 5) is 0. The number of hydrogen-bond donors (Lipinski definition) is 1. The van der Waals surface area contributed by atoms with Crippen LogP contribution in [0.4, 0.5) is 0 Å². The van der Waals surface area contributed by atoms with Crippen molar-refractivity contribution in [1.29, 1.82) is 0 Å². The van der Waals surface area contributed by atoms with Crippen LogP contribution in [-0.4, -0.2) is 13.1 Å². The van der Waals surface area contributed by atoms with Crippen LogP contribution in [0, 0.1) is 11.3 Å². The second-order valence-corrected chi connectivity index (χ2v) is 5.97. The third-order valence-corrected chi connectivity index (χ3v) is 2.99. The van der Waals surface area contributed by atoms with Gasteiger partial charge < -0.3 is 5.32 Å². The number of unbranched alkanes of at least 4 members (excludes halogenated alkanes) is 2. The molecule has 0 unspecified atom stereocenters. The molecule has 0 heterocycles. The topological polar surface area (TPSA) is 12.0 Å². The fraction of sp³-hybridized carbons (Fsp3) is 1.00. The van der Waals surface area contributed by atoms with Crippen molar-refractivity contribution in [3.63, 3.8) is 0 Å². The Morgan fingerprint density at radius 1 is 1.07 bits per heavy atom. The normalized spacial score (nSPS) is 12.4. The van der Waals surface area contributed by atoms with E-state index < -0.39 is 0 Å². The molecule has 0 spiro atoms. The number of rotatable bonds is 9. The van der Waals surface area contributed by atoms with Gasteiger partial charge in [-0.25, -0.2) is 0 Å². The molecule has 0 aromatic heterocycles. The van der Waals surface area contributed by atoms with Crippen LogP contribution in [-0.2, 0) is 0 Å². The van der Waals surface area contributed by atoms with Crippen molar-refractivity contribution in [3.05, 3.63) is 0 Å². The molecule has 0 aliphatic carbocycles. The van der Waals surface area contributed by atoms with E-state index in [-0.39, 0.29) is 0 Å². The lowest BCUT2D eigenvalue weighted by Gasteiger charge is -2.25. The molecule has 15 heavy (non-hydrogen) atoms. The summed E-state index contributed by atoms with van der Waals surface area (Å²) in [6, 6.07) is 0. The summed E-state index contributed by atoms with van der Waals surface area (Å²) in [5.74, 6) is 0.771. The van der Waals surface area contributed by atoms with Crippen molar-refractivity contribution >= 4 is 0 Å². The molecule has 0 fully saturated rings. The van der Waals surface area contributed by atoms with Gasteiger partial charge in [0.25, 0.3) is 0 Å². The van der Waals surface area contributed by atoms with Gasteiger partial charge in [0.15, 0.2) is 0 Å². The van der Waals surface area contributed by atoms with E-state index in [0.29, 0.717) is 5.41 Å². The Kier molecular flexibility index (Phi) is 8.13. The number of nitrogens with one attached hydrogen (secondary N) is 1. The first-order valence-electron chi connectivity index (χ1n) is 6.68. The fourth-order valence-electron chi connectivity index (χ4n) is 1.80. The van der Waals surface area contributed by atoms with Gasteiger partial charge >= 0.3 is 0 Å². The molecule has 1 heteroatoms. The highest BCUT2D eigenvalue weighted by Crippen LogP contribution is 2.27. The Bertz CT molecular complexity index is 138. The Morgan fingerprint density at radius 3 is 2.27 bits per heavy atom. The molecule has 0 saturated carbocycles. The molecule has 1 N–H and O–H groups in total. The third kappa shape index (κ3) is 10.2. The SMILES string of the molecule is CCCCCC(C)(C)CCNCC(C)C. The maximum Gasteiger partial charge on any atom is -0.00258 e. The maximum absolute atomic E-state index is 3.53. The molecule has 0 rings (SSSR count). The Balaban J connectivity index is 3.46. The van der Waals surface area contributed by atoms with Crippen LogP contribution < -0.4 is 5.32 Å². The monoisotopic (exact) mass is 213 g/mol. The molecular weight excluding hydrogens is 182 g/mol. The van der Waals surface area contributed by atoms with Crippen LogP contribution in [0.3, 0.4) is 0 Å². The van der Waals surface area contributed by atoms with Crippen molar-refractivity contribution in [1.82, 2.24) is 5.32 Å². The van der Waals surface area contributed by atoms with Crippen molar-refractivity contribution < 1.29 is 0 Å². The highest BCUT2D eigenvalue weighted by molar-refractivity contribution is 4.70. The first kappa shape index (κ1) is 15.0. The second kappa shape index (κ2) is 8.15. The Labute approximate surface area is 97.0 Å². The molecule has 0 aliphatic heterocycles. The molecular formula is C14H31N. The Morgan fingerprint density at radius 2 is 1.73 bits per heavy atom. The van der Waals surface area contributed by atoms with Crippen molar-refractivity contribution in [3.8, 4) is 0 Å². The molecule has 0 atom stereocenters. The average Bonchev–Trinajstić information content (AvgIpc) is 2.13. The largest absolute Gasteiger partial charge is 0.316 e. The average molecular weight is 213 g/mol. The van der Waals surface area contributed by atoms with E-state index in [2.05, 4.69) is 39.9 Å². The summed E-state index contributed by atoms with van der Waals surface area (Å²) in [7, 11) is 0. The van der Waals surface area contributed by atoms with Gasteiger partial charge in [-0.1, -0.05) is 53.9 Å². The smallest absolute Gasteiger partial charge is 0.00258 e. The van der Waals surface area contributed by atoms with E-state index in [9.17, 15) is 0 Å². The third-order valence-electron chi connectivity index (χ3n) is 2.99. The molecule has 0 aromatic rings. The maximum atomic E-state index is 3.53. The summed E-state index contributed by atoms with van der Waals surface area (Å²) in [6.45, 7) is 13.9. The van der Waals surface area contributed by atoms with Crippen molar-refractivity contribution in [2.24, 2.45) is 11.3 Å². The molecule has 1 nitrogen and oxygen atoms in total. The zero-order valence-corrected chi connectivity index (χ0v) is 11.5. The van der Waals surface area contributed by atoms with Crippen LogP contribution in [0.5, 0.6) is 0 Å². The predicted molar refractivity (Wildman–Crippen MR) is 70.2 cm³/mol. The standard InChI is InChI=1S/C14H31N/c1-6-7-8-9-14(4,5)10-11-15-12-13(2)3/h13,15H,6-12H2,1-5H3. The quantitative estimate of drug-likeness (QED) is 0.565. The molecule has 0 radical (unpaired) electrons. The van der Waals surface area contributed by atoms with Gasteiger partial charge in [-0.05, 0) is 37.3 Å². The van der Waals surface area contributed by atoms with E-state index >= 15 is 0 Å². The summed E-state index contributed by atoms with van der Waals surface area (Å²) >= 11 is 0. The van der Waals surface area contributed by atoms with Crippen LogP contribution in [0.1, 0.15) is 66.7 Å². The van der Waals surface area contributed by atoms with Crippen molar-refractivity contribution in [2.45, 2.75) is 66.7 Å². The zero-order chi connectivity index (χ0) is 11.7. The summed E-state index contributed by atoms with van der Waals surface area (Å²) in [6.07, 6.45) is 6.81. The highest BCUT2D eigenvalue weighted by atomic mass is 14.8. The van der Waals surface area contributed by atoms with Gasteiger partial charge in [-0.15, -0.1) is 0 Å². The van der Waals surface area contributed by atoms with E-state index in [0.717, 1.165) is 12.5 Å². The summed E-state index contributed by atoms with van der Waals surface area (Å²) in [5, 5.41) is 3.53. The molecule has 0 saturated heterocycles. The summed E-state index contributed by atoms with van der Waals surface area (Å²) in [5.41, 5.74) is 0.527. The van der Waals surface area contributed by atoms with Gasteiger partial charge in [-0.3, -0.25) is 0 Å². The fourth-order valence-corrected chi connectivity index (χ4v) is 1.80. The molecule has 0 aliphatic rings. The lowest BCUT2D eigenvalue weighted by Crippen LogP contribution is -2.25. The van der Waals surface area contributed by atoms with Gasteiger partial charge in [0.1, 0.15) is 0 Å².